The quantitative estimate of drug-likeness (QED) is 0.798. The number of carbonyl (C=O) groups excluding carboxylic acids is 3. The van der Waals surface area contributed by atoms with Crippen molar-refractivity contribution in [2.45, 2.75) is 59.3 Å². The van der Waals surface area contributed by atoms with Crippen molar-refractivity contribution in [1.29, 1.82) is 0 Å². The summed E-state index contributed by atoms with van der Waals surface area (Å²) in [7, 11) is 0. The number of alkyl carbamates (subject to hydrolysis) is 1. The van der Waals surface area contributed by atoms with Gasteiger partial charge in [-0.3, -0.25) is 14.9 Å². The number of nitrogens with one attached hydrogen (secondary N) is 1. The predicted octanol–water partition coefficient (Wildman–Crippen LogP) is 3.94. The van der Waals surface area contributed by atoms with E-state index in [1.807, 2.05) is 6.08 Å². The SMILES string of the molecule is CCOC(=O)NC1=C2C=C[C@@H]3[C@H](CC[C@]4(C)C(=O)CC[C@@H]34)[C@@]2(C)CCC1=O. The van der Waals surface area contributed by atoms with Gasteiger partial charge in [0.25, 0.3) is 0 Å². The first kappa shape index (κ1) is 18.5. The average Bonchev–Trinajstić information content (AvgIpc) is 2.93. The molecule has 4 rings (SSSR count). The Labute approximate surface area is 160 Å². The van der Waals surface area contributed by atoms with Crippen LogP contribution in [0.25, 0.3) is 0 Å². The van der Waals surface area contributed by atoms with Crippen molar-refractivity contribution in [2.24, 2.45) is 28.6 Å². The maximum Gasteiger partial charge on any atom is 0.411 e. The van der Waals surface area contributed by atoms with Crippen LogP contribution in [0.5, 0.6) is 0 Å². The number of ether oxygens (including phenoxy) is 1. The summed E-state index contributed by atoms with van der Waals surface area (Å²) in [6.07, 6.45) is 8.55. The fourth-order valence-corrected chi connectivity index (χ4v) is 6.32. The maximum absolute atomic E-state index is 12.6. The molecule has 4 aliphatic rings. The molecule has 0 aliphatic heterocycles. The lowest BCUT2D eigenvalue weighted by Crippen LogP contribution is -2.50. The van der Waals surface area contributed by atoms with Crippen molar-refractivity contribution in [3.63, 3.8) is 0 Å². The fraction of sp³-hybridized carbons (Fsp3) is 0.682. The molecular weight excluding hydrogens is 342 g/mol. The third-order valence-corrected chi connectivity index (χ3v) is 7.88. The first-order chi connectivity index (χ1) is 12.8. The van der Waals surface area contributed by atoms with Gasteiger partial charge in [0.05, 0.1) is 12.3 Å². The molecule has 0 bridgehead atoms. The Bertz CT molecular complexity index is 766. The topological polar surface area (TPSA) is 72.5 Å². The fourth-order valence-electron chi connectivity index (χ4n) is 6.32. The summed E-state index contributed by atoms with van der Waals surface area (Å²) >= 11 is 0. The highest BCUT2D eigenvalue weighted by molar-refractivity contribution is 6.00. The molecule has 0 aromatic heterocycles. The Morgan fingerprint density at radius 3 is 2.63 bits per heavy atom. The summed E-state index contributed by atoms with van der Waals surface area (Å²) in [5, 5.41) is 2.71. The summed E-state index contributed by atoms with van der Waals surface area (Å²) in [5.41, 5.74) is 1.03. The van der Waals surface area contributed by atoms with E-state index in [2.05, 4.69) is 25.2 Å². The van der Waals surface area contributed by atoms with E-state index in [4.69, 9.17) is 4.74 Å². The van der Waals surface area contributed by atoms with Crippen LogP contribution >= 0.6 is 0 Å². The first-order valence-corrected chi connectivity index (χ1v) is 10.2. The number of amides is 1. The molecular formula is C22H29NO4. The highest BCUT2D eigenvalue weighted by Crippen LogP contribution is 2.63. The standard InChI is InChI=1S/C22H29NO4/c1-4-27-20(26)23-19-16-6-5-13-14-7-8-18(25)22(14,3)11-9-15(13)21(16,2)12-10-17(19)24/h5-6,13-15H,4,7-12H2,1-3H3,(H,23,26)/t13-,14-,15-,21+,22-/m0/s1. The monoisotopic (exact) mass is 371 g/mol. The molecule has 0 saturated heterocycles. The smallest absolute Gasteiger partial charge is 0.411 e. The van der Waals surface area contributed by atoms with Crippen molar-refractivity contribution in [2.75, 3.05) is 6.61 Å². The zero-order valence-electron chi connectivity index (χ0n) is 16.5. The van der Waals surface area contributed by atoms with Crippen LogP contribution in [-0.4, -0.2) is 24.3 Å². The summed E-state index contributed by atoms with van der Waals surface area (Å²) in [6, 6.07) is 0. The van der Waals surface area contributed by atoms with E-state index in [1.165, 1.54) is 0 Å². The van der Waals surface area contributed by atoms with Crippen molar-refractivity contribution in [3.8, 4) is 0 Å². The van der Waals surface area contributed by atoms with Gasteiger partial charge in [-0.2, -0.15) is 0 Å². The summed E-state index contributed by atoms with van der Waals surface area (Å²) in [4.78, 5) is 37.0. The largest absolute Gasteiger partial charge is 0.450 e. The Kier molecular flexibility index (Phi) is 4.32. The number of Topliss-reactive ketones (excluding diaryl/α,β-unsaturated/α-hetero) is 2. The minimum absolute atomic E-state index is 0.0182. The van der Waals surface area contributed by atoms with E-state index in [0.29, 0.717) is 42.1 Å². The molecule has 0 aromatic carbocycles. The minimum atomic E-state index is -0.564. The van der Waals surface area contributed by atoms with E-state index >= 15 is 0 Å². The molecule has 2 fully saturated rings. The highest BCUT2D eigenvalue weighted by atomic mass is 16.5. The van der Waals surface area contributed by atoms with Gasteiger partial charge >= 0.3 is 6.09 Å². The number of hydrogen-bond donors (Lipinski definition) is 1. The van der Waals surface area contributed by atoms with Gasteiger partial charge in [-0.25, -0.2) is 4.79 Å². The molecule has 0 unspecified atom stereocenters. The Balaban J connectivity index is 1.73. The van der Waals surface area contributed by atoms with Crippen LogP contribution in [0.4, 0.5) is 4.79 Å². The average molecular weight is 371 g/mol. The number of rotatable bonds is 2. The van der Waals surface area contributed by atoms with Gasteiger partial charge in [-0.15, -0.1) is 0 Å². The molecule has 2 saturated carbocycles. The lowest BCUT2D eigenvalue weighted by Gasteiger charge is -2.54. The summed E-state index contributed by atoms with van der Waals surface area (Å²) in [5.74, 6) is 1.59. The van der Waals surface area contributed by atoms with Crippen molar-refractivity contribution in [1.82, 2.24) is 5.32 Å². The van der Waals surface area contributed by atoms with Crippen molar-refractivity contribution < 1.29 is 19.1 Å². The number of carbonyl (C=O) groups is 3. The Morgan fingerprint density at radius 2 is 1.89 bits per heavy atom. The molecule has 1 amide bonds. The lowest BCUT2D eigenvalue weighted by atomic mass is 9.49. The number of hydrogen-bond acceptors (Lipinski definition) is 4. The molecule has 0 aromatic rings. The predicted molar refractivity (Wildman–Crippen MR) is 101 cm³/mol. The van der Waals surface area contributed by atoms with Gasteiger partial charge < -0.3 is 4.74 Å². The first-order valence-electron chi connectivity index (χ1n) is 10.2. The molecule has 5 nitrogen and oxygen atoms in total. The molecule has 0 radical (unpaired) electrons. The summed E-state index contributed by atoms with van der Waals surface area (Å²) < 4.78 is 5.00. The number of ketones is 2. The molecule has 5 heteroatoms. The number of allylic oxidation sites excluding steroid dienone is 4. The van der Waals surface area contributed by atoms with Crippen LogP contribution in [0.2, 0.25) is 0 Å². The normalized spacial score (nSPS) is 40.3. The Morgan fingerprint density at radius 1 is 1.15 bits per heavy atom. The second-order valence-electron chi connectivity index (χ2n) is 9.04. The van der Waals surface area contributed by atoms with Gasteiger partial charge in [0.2, 0.25) is 0 Å². The second-order valence-corrected chi connectivity index (χ2v) is 9.04. The van der Waals surface area contributed by atoms with Gasteiger partial charge in [0.1, 0.15) is 5.78 Å². The van der Waals surface area contributed by atoms with Gasteiger partial charge in [-0.1, -0.05) is 26.0 Å². The van der Waals surface area contributed by atoms with E-state index < -0.39 is 6.09 Å². The van der Waals surface area contributed by atoms with E-state index in [-0.39, 0.29) is 23.2 Å². The number of fused-ring (bicyclic) bond motifs is 5. The molecule has 4 aliphatic carbocycles. The van der Waals surface area contributed by atoms with Crippen molar-refractivity contribution in [3.05, 3.63) is 23.4 Å². The lowest BCUT2D eigenvalue weighted by molar-refractivity contribution is -0.130. The molecule has 27 heavy (non-hydrogen) atoms. The zero-order chi connectivity index (χ0) is 19.4. The molecule has 1 N–H and O–H groups in total. The van der Waals surface area contributed by atoms with E-state index in [0.717, 1.165) is 31.3 Å². The third-order valence-electron chi connectivity index (χ3n) is 7.88. The molecule has 0 spiro atoms. The van der Waals surface area contributed by atoms with Gasteiger partial charge in [0.15, 0.2) is 5.78 Å². The van der Waals surface area contributed by atoms with Crippen LogP contribution in [-0.2, 0) is 14.3 Å². The second kappa shape index (κ2) is 6.32. The van der Waals surface area contributed by atoms with Gasteiger partial charge in [0, 0.05) is 18.3 Å². The van der Waals surface area contributed by atoms with Crippen LogP contribution < -0.4 is 5.32 Å². The maximum atomic E-state index is 12.6. The highest BCUT2D eigenvalue weighted by Gasteiger charge is 2.58. The third kappa shape index (κ3) is 2.61. The van der Waals surface area contributed by atoms with Gasteiger partial charge in [-0.05, 0) is 61.3 Å². The van der Waals surface area contributed by atoms with Crippen LogP contribution in [0.3, 0.4) is 0 Å². The van der Waals surface area contributed by atoms with Crippen LogP contribution in [0.1, 0.15) is 59.3 Å². The van der Waals surface area contributed by atoms with E-state index in [9.17, 15) is 14.4 Å². The molecule has 146 valence electrons. The zero-order valence-corrected chi connectivity index (χ0v) is 16.5. The molecule has 5 atom stereocenters. The van der Waals surface area contributed by atoms with Crippen molar-refractivity contribution >= 4 is 17.7 Å². The summed E-state index contributed by atoms with van der Waals surface area (Å²) in [6.45, 7) is 6.41. The van der Waals surface area contributed by atoms with Crippen LogP contribution in [0.15, 0.2) is 23.4 Å². The van der Waals surface area contributed by atoms with E-state index in [1.54, 1.807) is 6.92 Å². The molecule has 0 heterocycles. The minimum Gasteiger partial charge on any atom is -0.450 e. The van der Waals surface area contributed by atoms with Crippen LogP contribution in [0, 0.1) is 28.6 Å². The Hall–Kier alpha value is -1.91.